The van der Waals surface area contributed by atoms with Gasteiger partial charge in [-0.15, -0.1) is 0 Å². The lowest BCUT2D eigenvalue weighted by molar-refractivity contribution is 0.473. The van der Waals surface area contributed by atoms with Gasteiger partial charge < -0.3 is 9.52 Å². The third-order valence-electron chi connectivity index (χ3n) is 8.05. The predicted octanol–water partition coefficient (Wildman–Crippen LogP) is 10.7. The molecule has 44 heavy (non-hydrogen) atoms. The third kappa shape index (κ3) is 5.16. The summed E-state index contributed by atoms with van der Waals surface area (Å²) in [6.45, 7) is 6.45. The Labute approximate surface area is 257 Å². The number of aromatic nitrogens is 1. The molecule has 0 unspecified atom stereocenters. The lowest BCUT2D eigenvalue weighted by Crippen LogP contribution is -2.11. The maximum Gasteiger partial charge on any atom is 0.229 e. The molecule has 0 fully saturated rings. The summed E-state index contributed by atoms with van der Waals surface area (Å²) in [4.78, 5) is 9.90. The van der Waals surface area contributed by atoms with Crippen LogP contribution in [0.2, 0.25) is 0 Å². The number of para-hydroxylation sites is 1. The molecule has 0 atom stereocenters. The Morgan fingerprint density at radius 2 is 1.41 bits per heavy atom. The predicted molar refractivity (Wildman–Crippen MR) is 182 cm³/mol. The van der Waals surface area contributed by atoms with E-state index in [1.165, 1.54) is 5.39 Å². The monoisotopic (exact) mass is 572 g/mol. The van der Waals surface area contributed by atoms with E-state index in [4.69, 9.17) is 14.4 Å². The van der Waals surface area contributed by atoms with E-state index < -0.39 is 0 Å². The molecule has 1 N–H and O–H groups in total. The van der Waals surface area contributed by atoms with Crippen LogP contribution in [0.5, 0.6) is 5.75 Å². The summed E-state index contributed by atoms with van der Waals surface area (Å²) in [6, 6.07) is 42.9. The van der Waals surface area contributed by atoms with Crippen molar-refractivity contribution in [2.75, 3.05) is 0 Å². The molecule has 7 aromatic rings. The molecular weight excluding hydrogens is 540 g/mol. The van der Waals surface area contributed by atoms with Gasteiger partial charge in [-0.05, 0) is 74.8 Å². The molecular formula is C40H32N2O2. The van der Waals surface area contributed by atoms with E-state index in [0.717, 1.165) is 44.3 Å². The minimum Gasteiger partial charge on any atom is -0.507 e. The van der Waals surface area contributed by atoms with Crippen molar-refractivity contribution in [3.05, 3.63) is 139 Å². The van der Waals surface area contributed by atoms with Crippen molar-refractivity contribution >= 4 is 33.8 Å². The van der Waals surface area contributed by atoms with Gasteiger partial charge in [0.15, 0.2) is 5.58 Å². The lowest BCUT2D eigenvalue weighted by atomic mass is 9.86. The van der Waals surface area contributed by atoms with Crippen LogP contribution < -0.4 is 0 Å². The van der Waals surface area contributed by atoms with Crippen molar-refractivity contribution in [2.45, 2.75) is 26.2 Å². The van der Waals surface area contributed by atoms with Crippen molar-refractivity contribution in [1.82, 2.24) is 4.98 Å². The van der Waals surface area contributed by atoms with Crippen LogP contribution in [-0.2, 0) is 5.41 Å². The maximum atomic E-state index is 10.6. The molecule has 0 bridgehead atoms. The quantitative estimate of drug-likeness (QED) is 0.209. The smallest absolute Gasteiger partial charge is 0.229 e. The van der Waals surface area contributed by atoms with Crippen LogP contribution in [0.1, 0.15) is 31.9 Å². The number of aromatic hydroxyl groups is 1. The van der Waals surface area contributed by atoms with Crippen LogP contribution >= 0.6 is 0 Å². The summed E-state index contributed by atoms with van der Waals surface area (Å²) in [5, 5.41) is 12.9. The molecule has 0 spiro atoms. The van der Waals surface area contributed by atoms with Crippen LogP contribution in [0, 0.1) is 0 Å². The third-order valence-corrected chi connectivity index (χ3v) is 8.05. The van der Waals surface area contributed by atoms with Crippen molar-refractivity contribution in [3.8, 4) is 39.5 Å². The first kappa shape index (κ1) is 27.4. The van der Waals surface area contributed by atoms with Crippen molar-refractivity contribution in [3.63, 3.8) is 0 Å². The zero-order valence-corrected chi connectivity index (χ0v) is 25.0. The number of fused-ring (bicyclic) bond motifs is 2. The van der Waals surface area contributed by atoms with E-state index in [9.17, 15) is 5.11 Å². The standard InChI is InChI=1S/C40H32N2O2/c1-40(2,3)30-20-21-36(43)29(22-30)25-41-35-19-10-9-17-33(35)39-42-38-34(32-18-11-15-27-14-7-8-16-31(27)32)23-28(24-37(38)44-39)26-12-5-4-6-13-26/h4-25,43H,1-3H3. The highest BCUT2D eigenvalue weighted by Crippen LogP contribution is 2.40. The molecule has 0 radical (unpaired) electrons. The number of nitrogens with zero attached hydrogens (tertiary/aromatic N) is 2. The second-order valence-corrected chi connectivity index (χ2v) is 12.1. The topological polar surface area (TPSA) is 58.6 Å². The molecule has 0 saturated carbocycles. The van der Waals surface area contributed by atoms with Gasteiger partial charge in [-0.1, -0.05) is 112 Å². The summed E-state index contributed by atoms with van der Waals surface area (Å²) < 4.78 is 6.54. The minimum atomic E-state index is -0.0488. The van der Waals surface area contributed by atoms with Crippen LogP contribution in [0.4, 0.5) is 5.69 Å². The molecule has 0 amide bonds. The highest BCUT2D eigenvalue weighted by molar-refractivity contribution is 6.05. The van der Waals surface area contributed by atoms with E-state index in [1.807, 2.05) is 54.6 Å². The minimum absolute atomic E-state index is 0.0488. The van der Waals surface area contributed by atoms with Gasteiger partial charge in [-0.2, -0.15) is 0 Å². The second kappa shape index (κ2) is 11.0. The number of hydrogen-bond donors (Lipinski definition) is 1. The highest BCUT2D eigenvalue weighted by atomic mass is 16.3. The Hall–Kier alpha value is -5.48. The Bertz CT molecular complexity index is 2160. The van der Waals surface area contributed by atoms with E-state index in [-0.39, 0.29) is 11.2 Å². The van der Waals surface area contributed by atoms with Crippen molar-refractivity contribution in [1.29, 1.82) is 0 Å². The summed E-state index contributed by atoms with van der Waals surface area (Å²) in [7, 11) is 0. The van der Waals surface area contributed by atoms with Crippen molar-refractivity contribution < 1.29 is 9.52 Å². The highest BCUT2D eigenvalue weighted by Gasteiger charge is 2.19. The number of phenols is 1. The maximum absolute atomic E-state index is 10.6. The number of aliphatic imine (C=N–C) groups is 1. The molecule has 1 aromatic heterocycles. The summed E-state index contributed by atoms with van der Waals surface area (Å²) in [5.41, 5.74) is 9.00. The van der Waals surface area contributed by atoms with E-state index in [0.29, 0.717) is 22.7 Å². The van der Waals surface area contributed by atoms with Gasteiger partial charge in [0, 0.05) is 17.3 Å². The molecule has 0 saturated heterocycles. The molecule has 0 aliphatic carbocycles. The average Bonchev–Trinajstić information content (AvgIpc) is 3.48. The molecule has 6 aromatic carbocycles. The summed E-state index contributed by atoms with van der Waals surface area (Å²) >= 11 is 0. The number of oxazole rings is 1. The first-order valence-corrected chi connectivity index (χ1v) is 14.8. The Kier molecular flexibility index (Phi) is 6.83. The fourth-order valence-corrected chi connectivity index (χ4v) is 5.64. The SMILES string of the molecule is CC(C)(C)c1ccc(O)c(C=Nc2ccccc2-c2nc3c(-c4cccc5ccccc45)cc(-c4ccccc4)cc3o2)c1. The fraction of sp³-hybridized carbons (Fsp3) is 0.100. The molecule has 7 rings (SSSR count). The molecule has 4 heteroatoms. The van der Waals surface area contributed by atoms with Gasteiger partial charge in [0.25, 0.3) is 0 Å². The van der Waals surface area contributed by atoms with E-state index >= 15 is 0 Å². The second-order valence-electron chi connectivity index (χ2n) is 12.1. The van der Waals surface area contributed by atoms with Gasteiger partial charge in [-0.25, -0.2) is 4.98 Å². The fourth-order valence-electron chi connectivity index (χ4n) is 5.64. The average molecular weight is 573 g/mol. The van der Waals surface area contributed by atoms with Crippen molar-refractivity contribution in [2.24, 2.45) is 4.99 Å². The number of hydrogen-bond acceptors (Lipinski definition) is 4. The largest absolute Gasteiger partial charge is 0.507 e. The Balaban J connectivity index is 1.39. The van der Waals surface area contributed by atoms with Gasteiger partial charge in [0.2, 0.25) is 5.89 Å². The summed E-state index contributed by atoms with van der Waals surface area (Å²) in [5.74, 6) is 0.682. The number of phenolic OH excluding ortho intramolecular Hbond substituents is 1. The van der Waals surface area contributed by atoms with E-state index in [1.54, 1.807) is 12.3 Å². The van der Waals surface area contributed by atoms with Gasteiger partial charge in [0.1, 0.15) is 11.3 Å². The van der Waals surface area contributed by atoms with Crippen LogP contribution in [0.25, 0.3) is 55.6 Å². The molecule has 1 heterocycles. The van der Waals surface area contributed by atoms with Crippen LogP contribution in [0.3, 0.4) is 0 Å². The van der Waals surface area contributed by atoms with Gasteiger partial charge in [-0.3, -0.25) is 4.99 Å². The zero-order chi connectivity index (χ0) is 30.3. The normalized spacial score (nSPS) is 12.0. The summed E-state index contributed by atoms with van der Waals surface area (Å²) in [6.07, 6.45) is 1.71. The first-order chi connectivity index (χ1) is 21.3. The Morgan fingerprint density at radius 1 is 0.682 bits per heavy atom. The number of rotatable bonds is 5. The van der Waals surface area contributed by atoms with Crippen LogP contribution in [-0.4, -0.2) is 16.3 Å². The first-order valence-electron chi connectivity index (χ1n) is 14.8. The zero-order valence-electron chi connectivity index (χ0n) is 25.0. The lowest BCUT2D eigenvalue weighted by Gasteiger charge is -2.19. The molecule has 4 nitrogen and oxygen atoms in total. The van der Waals surface area contributed by atoms with Gasteiger partial charge in [0.05, 0.1) is 11.3 Å². The molecule has 0 aliphatic rings. The number of benzene rings is 6. The van der Waals surface area contributed by atoms with Gasteiger partial charge >= 0.3 is 0 Å². The molecule has 0 aliphatic heterocycles. The Morgan fingerprint density at radius 3 is 2.25 bits per heavy atom. The van der Waals surface area contributed by atoms with Crippen LogP contribution in [0.15, 0.2) is 137 Å². The van der Waals surface area contributed by atoms with E-state index in [2.05, 4.69) is 87.5 Å². The molecule has 214 valence electrons.